The van der Waals surface area contributed by atoms with Crippen LogP contribution >= 0.6 is 0 Å². The van der Waals surface area contributed by atoms with E-state index >= 15 is 0 Å². The molecule has 3 rings (SSSR count). The van der Waals surface area contributed by atoms with E-state index in [9.17, 15) is 4.79 Å². The fourth-order valence-electron chi connectivity index (χ4n) is 3.29. The van der Waals surface area contributed by atoms with Gasteiger partial charge >= 0.3 is 0 Å². The molecule has 144 valence electrons. The van der Waals surface area contributed by atoms with Crippen LogP contribution in [-0.4, -0.2) is 31.6 Å². The minimum absolute atomic E-state index is 0.0701. The number of carbonyl (C=O) groups is 1. The lowest BCUT2D eigenvalue weighted by atomic mass is 10.1. The second kappa shape index (κ2) is 9.31. The van der Waals surface area contributed by atoms with Gasteiger partial charge in [0.2, 0.25) is 5.91 Å². The number of hydrogen-bond acceptors (Lipinski definition) is 4. The van der Waals surface area contributed by atoms with Gasteiger partial charge in [0.25, 0.3) is 0 Å². The van der Waals surface area contributed by atoms with E-state index in [0.717, 1.165) is 30.2 Å². The molecular formula is C22H29N3O2. The maximum atomic E-state index is 12.4. The van der Waals surface area contributed by atoms with Crippen molar-refractivity contribution in [3.05, 3.63) is 48.5 Å². The van der Waals surface area contributed by atoms with Crippen LogP contribution in [0.4, 0.5) is 17.1 Å². The van der Waals surface area contributed by atoms with Gasteiger partial charge in [0.05, 0.1) is 6.61 Å². The van der Waals surface area contributed by atoms with E-state index < -0.39 is 0 Å². The predicted molar refractivity (Wildman–Crippen MR) is 112 cm³/mol. The number of benzene rings is 2. The molecular weight excluding hydrogens is 338 g/mol. The third-order valence-electron chi connectivity index (χ3n) is 4.80. The van der Waals surface area contributed by atoms with Crippen molar-refractivity contribution >= 4 is 23.0 Å². The van der Waals surface area contributed by atoms with Crippen LogP contribution in [0.2, 0.25) is 0 Å². The molecule has 1 aliphatic heterocycles. The van der Waals surface area contributed by atoms with Crippen LogP contribution in [0, 0.1) is 0 Å². The Morgan fingerprint density at radius 3 is 2.26 bits per heavy atom. The van der Waals surface area contributed by atoms with Crippen molar-refractivity contribution in [3.8, 4) is 5.75 Å². The molecule has 27 heavy (non-hydrogen) atoms. The molecule has 0 aliphatic carbocycles. The third kappa shape index (κ3) is 5.39. The van der Waals surface area contributed by atoms with Crippen LogP contribution in [0.3, 0.4) is 0 Å². The fourth-order valence-corrected chi connectivity index (χ4v) is 3.29. The van der Waals surface area contributed by atoms with Gasteiger partial charge in [0, 0.05) is 30.2 Å². The molecule has 1 fully saturated rings. The Labute approximate surface area is 161 Å². The van der Waals surface area contributed by atoms with Crippen LogP contribution in [0.1, 0.15) is 33.1 Å². The van der Waals surface area contributed by atoms with Gasteiger partial charge in [-0.2, -0.15) is 0 Å². The molecule has 2 aromatic carbocycles. The quantitative estimate of drug-likeness (QED) is 0.756. The molecule has 1 unspecified atom stereocenters. The molecule has 5 heteroatoms. The number of amides is 1. The van der Waals surface area contributed by atoms with Crippen molar-refractivity contribution < 1.29 is 9.53 Å². The Kier molecular flexibility index (Phi) is 6.58. The smallest absolute Gasteiger partial charge is 0.246 e. The van der Waals surface area contributed by atoms with Crippen LogP contribution < -0.4 is 20.3 Å². The van der Waals surface area contributed by atoms with Gasteiger partial charge in [-0.05, 0) is 81.6 Å². The van der Waals surface area contributed by atoms with Crippen LogP contribution in [-0.2, 0) is 4.79 Å². The summed E-state index contributed by atoms with van der Waals surface area (Å²) in [6, 6.07) is 15.4. The third-order valence-corrected chi connectivity index (χ3v) is 4.80. The molecule has 2 N–H and O–H groups in total. The largest absolute Gasteiger partial charge is 0.494 e. The predicted octanol–water partition coefficient (Wildman–Crippen LogP) is 4.51. The first-order valence-electron chi connectivity index (χ1n) is 9.81. The first-order chi connectivity index (χ1) is 13.2. The average Bonchev–Trinajstić information content (AvgIpc) is 2.71. The van der Waals surface area contributed by atoms with Gasteiger partial charge in [-0.1, -0.05) is 0 Å². The SMILES string of the molecule is CCOc1ccc(NC(=O)C(C)Nc2ccc(N3CCCCC3)cc2)cc1. The lowest BCUT2D eigenvalue weighted by Crippen LogP contribution is -2.32. The number of ether oxygens (including phenoxy) is 1. The van der Waals surface area contributed by atoms with Gasteiger partial charge < -0.3 is 20.3 Å². The van der Waals surface area contributed by atoms with Crippen molar-refractivity contribution in [2.24, 2.45) is 0 Å². The maximum Gasteiger partial charge on any atom is 0.246 e. The molecule has 0 saturated carbocycles. The summed E-state index contributed by atoms with van der Waals surface area (Å²) in [5, 5.41) is 6.20. The highest BCUT2D eigenvalue weighted by Crippen LogP contribution is 2.22. The summed E-state index contributed by atoms with van der Waals surface area (Å²) < 4.78 is 5.42. The molecule has 0 aromatic heterocycles. The number of hydrogen-bond donors (Lipinski definition) is 2. The summed E-state index contributed by atoms with van der Waals surface area (Å²) in [6.45, 7) is 6.70. The Bertz CT molecular complexity index is 722. The number of rotatable bonds is 7. The van der Waals surface area contributed by atoms with Crippen molar-refractivity contribution in [2.75, 3.05) is 35.2 Å². The van der Waals surface area contributed by atoms with E-state index in [4.69, 9.17) is 4.74 Å². The summed E-state index contributed by atoms with van der Waals surface area (Å²) in [6.07, 6.45) is 3.86. The van der Waals surface area contributed by atoms with E-state index in [1.54, 1.807) is 0 Å². The van der Waals surface area contributed by atoms with E-state index in [0.29, 0.717) is 6.61 Å². The van der Waals surface area contributed by atoms with E-state index in [1.165, 1.54) is 24.9 Å². The van der Waals surface area contributed by atoms with Crippen LogP contribution in [0.15, 0.2) is 48.5 Å². The summed E-state index contributed by atoms with van der Waals surface area (Å²) in [5.41, 5.74) is 2.97. The van der Waals surface area contributed by atoms with Gasteiger partial charge in [-0.25, -0.2) is 0 Å². The second-order valence-corrected chi connectivity index (χ2v) is 6.91. The monoisotopic (exact) mass is 367 g/mol. The topological polar surface area (TPSA) is 53.6 Å². The van der Waals surface area contributed by atoms with Crippen LogP contribution in [0.5, 0.6) is 5.75 Å². The zero-order chi connectivity index (χ0) is 19.1. The van der Waals surface area contributed by atoms with Gasteiger partial charge in [0.1, 0.15) is 11.8 Å². The van der Waals surface area contributed by atoms with Crippen LogP contribution in [0.25, 0.3) is 0 Å². The lowest BCUT2D eigenvalue weighted by molar-refractivity contribution is -0.116. The maximum absolute atomic E-state index is 12.4. The van der Waals surface area contributed by atoms with Gasteiger partial charge in [0.15, 0.2) is 0 Å². The molecule has 1 amide bonds. The van der Waals surface area contributed by atoms with Crippen molar-refractivity contribution in [1.82, 2.24) is 0 Å². The summed E-state index contributed by atoms with van der Waals surface area (Å²) in [4.78, 5) is 14.9. The molecule has 2 aromatic rings. The number of nitrogens with zero attached hydrogens (tertiary/aromatic N) is 1. The molecule has 1 aliphatic rings. The van der Waals surface area contributed by atoms with E-state index in [2.05, 4.69) is 27.7 Å². The Morgan fingerprint density at radius 1 is 1.00 bits per heavy atom. The number of nitrogens with one attached hydrogen (secondary N) is 2. The minimum atomic E-state index is -0.336. The number of anilines is 3. The molecule has 5 nitrogen and oxygen atoms in total. The average molecular weight is 367 g/mol. The summed E-state index contributed by atoms with van der Waals surface area (Å²) in [7, 11) is 0. The minimum Gasteiger partial charge on any atom is -0.494 e. The second-order valence-electron chi connectivity index (χ2n) is 6.91. The fraction of sp³-hybridized carbons (Fsp3) is 0.409. The highest BCUT2D eigenvalue weighted by Gasteiger charge is 2.14. The van der Waals surface area contributed by atoms with Crippen molar-refractivity contribution in [1.29, 1.82) is 0 Å². The first-order valence-corrected chi connectivity index (χ1v) is 9.81. The zero-order valence-corrected chi connectivity index (χ0v) is 16.2. The van der Waals surface area contributed by atoms with Gasteiger partial charge in [-0.3, -0.25) is 4.79 Å². The lowest BCUT2D eigenvalue weighted by Gasteiger charge is -2.29. The molecule has 1 atom stereocenters. The Hall–Kier alpha value is -2.69. The number of carbonyl (C=O) groups excluding carboxylic acids is 1. The van der Waals surface area contributed by atoms with Crippen molar-refractivity contribution in [3.63, 3.8) is 0 Å². The highest BCUT2D eigenvalue weighted by molar-refractivity contribution is 5.96. The van der Waals surface area contributed by atoms with E-state index in [1.807, 2.05) is 50.2 Å². The van der Waals surface area contributed by atoms with Crippen molar-refractivity contribution in [2.45, 2.75) is 39.2 Å². The normalized spacial score (nSPS) is 15.1. The molecule has 0 spiro atoms. The number of piperidine rings is 1. The molecule has 0 radical (unpaired) electrons. The molecule has 0 bridgehead atoms. The summed E-state index contributed by atoms with van der Waals surface area (Å²) in [5.74, 6) is 0.731. The molecule has 1 heterocycles. The first kappa shape index (κ1) is 19.1. The summed E-state index contributed by atoms with van der Waals surface area (Å²) >= 11 is 0. The Morgan fingerprint density at radius 2 is 1.63 bits per heavy atom. The van der Waals surface area contributed by atoms with Gasteiger partial charge in [-0.15, -0.1) is 0 Å². The standard InChI is InChI=1S/C22H29N3O2/c1-3-27-21-13-9-19(10-14-21)24-22(26)17(2)23-18-7-11-20(12-8-18)25-15-5-4-6-16-25/h7-14,17,23H,3-6,15-16H2,1-2H3,(H,24,26). The highest BCUT2D eigenvalue weighted by atomic mass is 16.5. The molecule has 1 saturated heterocycles. The Balaban J connectivity index is 1.52. The van der Waals surface area contributed by atoms with E-state index in [-0.39, 0.29) is 11.9 Å². The zero-order valence-electron chi connectivity index (χ0n) is 16.2.